The van der Waals surface area contributed by atoms with Crippen LogP contribution in [0.4, 0.5) is 10.5 Å². The van der Waals surface area contributed by atoms with Crippen LogP contribution in [0.2, 0.25) is 0 Å². The molecule has 2 rings (SSSR count). The molecule has 0 spiro atoms. The Morgan fingerprint density at radius 1 is 1.33 bits per heavy atom. The van der Waals surface area contributed by atoms with E-state index in [-0.39, 0.29) is 18.0 Å². The molecular formula is C19H29N3O2. The van der Waals surface area contributed by atoms with Gasteiger partial charge in [0, 0.05) is 31.2 Å². The molecule has 0 aliphatic carbocycles. The van der Waals surface area contributed by atoms with Gasteiger partial charge in [0.15, 0.2) is 0 Å². The molecule has 1 atom stereocenters. The van der Waals surface area contributed by atoms with Crippen molar-refractivity contribution in [3.63, 3.8) is 0 Å². The highest BCUT2D eigenvalue weighted by Crippen LogP contribution is 2.17. The van der Waals surface area contributed by atoms with Crippen LogP contribution in [0.5, 0.6) is 0 Å². The topological polar surface area (TPSA) is 61.4 Å². The van der Waals surface area contributed by atoms with E-state index in [2.05, 4.69) is 17.6 Å². The van der Waals surface area contributed by atoms with E-state index in [4.69, 9.17) is 0 Å². The van der Waals surface area contributed by atoms with Gasteiger partial charge in [-0.25, -0.2) is 4.79 Å². The molecule has 0 aromatic heterocycles. The average molecular weight is 331 g/mol. The van der Waals surface area contributed by atoms with Crippen LogP contribution < -0.4 is 10.6 Å². The van der Waals surface area contributed by atoms with Crippen LogP contribution in [0.3, 0.4) is 0 Å². The van der Waals surface area contributed by atoms with E-state index in [0.717, 1.165) is 37.1 Å². The quantitative estimate of drug-likeness (QED) is 0.710. The molecule has 0 saturated carbocycles. The number of carbonyl (C=O) groups is 2. The summed E-state index contributed by atoms with van der Waals surface area (Å²) in [6.07, 6.45) is 6.11. The number of hydrogen-bond donors (Lipinski definition) is 2. The molecule has 1 fully saturated rings. The lowest BCUT2D eigenvalue weighted by atomic mass is 10.1. The van der Waals surface area contributed by atoms with E-state index in [9.17, 15) is 9.59 Å². The van der Waals surface area contributed by atoms with Crippen LogP contribution >= 0.6 is 0 Å². The molecule has 1 aliphatic rings. The Bertz CT molecular complexity index is 559. The van der Waals surface area contributed by atoms with Crippen LogP contribution in [-0.2, 0) is 11.3 Å². The van der Waals surface area contributed by atoms with Crippen LogP contribution in [0.15, 0.2) is 24.3 Å². The molecule has 2 N–H and O–H groups in total. The minimum absolute atomic E-state index is 0.168. The molecule has 3 amide bonds. The summed E-state index contributed by atoms with van der Waals surface area (Å²) in [5.74, 6) is 0.215. The fourth-order valence-electron chi connectivity index (χ4n) is 3.00. The van der Waals surface area contributed by atoms with Gasteiger partial charge in [-0.05, 0) is 37.5 Å². The number of carbonyl (C=O) groups excluding carboxylic acids is 2. The number of anilines is 1. The lowest BCUT2D eigenvalue weighted by Crippen LogP contribution is -2.36. The van der Waals surface area contributed by atoms with Gasteiger partial charge in [-0.1, -0.05) is 38.3 Å². The van der Waals surface area contributed by atoms with Crippen LogP contribution in [0, 0.1) is 0 Å². The number of hydrogen-bond acceptors (Lipinski definition) is 2. The predicted molar refractivity (Wildman–Crippen MR) is 96.9 cm³/mol. The largest absolute Gasteiger partial charge is 0.338 e. The molecule has 5 nitrogen and oxygen atoms in total. The fraction of sp³-hybridized carbons (Fsp3) is 0.579. The molecule has 24 heavy (non-hydrogen) atoms. The maximum atomic E-state index is 12.1. The summed E-state index contributed by atoms with van der Waals surface area (Å²) in [5.41, 5.74) is 1.80. The van der Waals surface area contributed by atoms with Crippen molar-refractivity contribution in [2.24, 2.45) is 0 Å². The summed E-state index contributed by atoms with van der Waals surface area (Å²) in [4.78, 5) is 25.7. The second kappa shape index (κ2) is 9.30. The summed E-state index contributed by atoms with van der Waals surface area (Å²) >= 11 is 0. The van der Waals surface area contributed by atoms with E-state index >= 15 is 0 Å². The Morgan fingerprint density at radius 3 is 2.88 bits per heavy atom. The normalized spacial score (nSPS) is 15.4. The highest BCUT2D eigenvalue weighted by Gasteiger charge is 2.20. The maximum Gasteiger partial charge on any atom is 0.319 e. The monoisotopic (exact) mass is 331 g/mol. The van der Waals surface area contributed by atoms with E-state index in [1.807, 2.05) is 36.1 Å². The Labute approximate surface area is 144 Å². The molecule has 5 heteroatoms. The number of nitrogens with one attached hydrogen (secondary N) is 2. The van der Waals surface area contributed by atoms with E-state index < -0.39 is 0 Å². The van der Waals surface area contributed by atoms with Crippen molar-refractivity contribution in [1.29, 1.82) is 0 Å². The van der Waals surface area contributed by atoms with Crippen LogP contribution in [0.25, 0.3) is 0 Å². The fourth-order valence-corrected chi connectivity index (χ4v) is 3.00. The first-order chi connectivity index (χ1) is 11.6. The third-order valence-corrected chi connectivity index (χ3v) is 4.35. The molecule has 1 aromatic carbocycles. The number of unbranched alkanes of at least 4 members (excludes halogenated alkanes) is 2. The van der Waals surface area contributed by atoms with Crippen molar-refractivity contribution in [2.75, 3.05) is 11.9 Å². The summed E-state index contributed by atoms with van der Waals surface area (Å²) in [6, 6.07) is 7.71. The summed E-state index contributed by atoms with van der Waals surface area (Å²) in [5, 5.41) is 5.86. The first kappa shape index (κ1) is 18.3. The predicted octanol–water partition coefficient (Wildman–Crippen LogP) is 3.90. The van der Waals surface area contributed by atoms with Crippen molar-refractivity contribution in [2.45, 2.75) is 65.0 Å². The van der Waals surface area contributed by atoms with Gasteiger partial charge in [-0.3, -0.25) is 4.79 Å². The molecule has 1 aliphatic heterocycles. The molecule has 1 heterocycles. The Balaban J connectivity index is 1.82. The van der Waals surface area contributed by atoms with Gasteiger partial charge in [-0.2, -0.15) is 0 Å². The zero-order chi connectivity index (χ0) is 17.4. The molecule has 1 saturated heterocycles. The maximum absolute atomic E-state index is 12.1. The SMILES string of the molecule is CCCCC[C@@H](C)NC(=O)Nc1cccc(CN2CCCC2=O)c1. The third kappa shape index (κ3) is 5.87. The van der Waals surface area contributed by atoms with E-state index in [1.54, 1.807) is 0 Å². The second-order valence-electron chi connectivity index (χ2n) is 6.61. The minimum Gasteiger partial charge on any atom is -0.338 e. The molecule has 1 aromatic rings. The summed E-state index contributed by atoms with van der Waals surface area (Å²) in [7, 11) is 0. The standard InChI is InChI=1S/C19H29N3O2/c1-3-4-5-8-15(2)20-19(24)21-17-10-6-9-16(13-17)14-22-12-7-11-18(22)23/h6,9-10,13,15H,3-5,7-8,11-12,14H2,1-2H3,(H2,20,21,24)/t15-/m1/s1. The van der Waals surface area contributed by atoms with Gasteiger partial charge in [0.05, 0.1) is 0 Å². The summed E-state index contributed by atoms with van der Waals surface area (Å²) in [6.45, 7) is 5.65. The number of amides is 3. The zero-order valence-corrected chi connectivity index (χ0v) is 14.8. The first-order valence-corrected chi connectivity index (χ1v) is 9.02. The highest BCUT2D eigenvalue weighted by molar-refractivity contribution is 5.89. The smallest absolute Gasteiger partial charge is 0.319 e. The van der Waals surface area contributed by atoms with Gasteiger partial charge in [0.2, 0.25) is 5.91 Å². The van der Waals surface area contributed by atoms with E-state index in [0.29, 0.717) is 13.0 Å². The Morgan fingerprint density at radius 2 is 2.17 bits per heavy atom. The average Bonchev–Trinajstić information content (AvgIpc) is 2.93. The van der Waals surface area contributed by atoms with Gasteiger partial charge >= 0.3 is 6.03 Å². The molecule has 0 bridgehead atoms. The Hall–Kier alpha value is -2.04. The molecule has 0 unspecified atom stereocenters. The molecular weight excluding hydrogens is 302 g/mol. The lowest BCUT2D eigenvalue weighted by molar-refractivity contribution is -0.128. The number of rotatable bonds is 8. The number of urea groups is 1. The third-order valence-electron chi connectivity index (χ3n) is 4.35. The first-order valence-electron chi connectivity index (χ1n) is 9.02. The number of likely N-dealkylation sites (tertiary alicyclic amines) is 1. The van der Waals surface area contributed by atoms with Crippen molar-refractivity contribution in [3.8, 4) is 0 Å². The van der Waals surface area contributed by atoms with Gasteiger partial charge < -0.3 is 15.5 Å². The molecule has 132 valence electrons. The highest BCUT2D eigenvalue weighted by atomic mass is 16.2. The van der Waals surface area contributed by atoms with Gasteiger partial charge in [-0.15, -0.1) is 0 Å². The zero-order valence-electron chi connectivity index (χ0n) is 14.8. The second-order valence-corrected chi connectivity index (χ2v) is 6.61. The van der Waals surface area contributed by atoms with Crippen molar-refractivity contribution in [3.05, 3.63) is 29.8 Å². The van der Waals surface area contributed by atoms with Crippen molar-refractivity contribution in [1.82, 2.24) is 10.2 Å². The minimum atomic E-state index is -0.173. The number of nitrogens with zero attached hydrogens (tertiary/aromatic N) is 1. The summed E-state index contributed by atoms with van der Waals surface area (Å²) < 4.78 is 0. The van der Waals surface area contributed by atoms with E-state index in [1.165, 1.54) is 12.8 Å². The molecule has 0 radical (unpaired) electrons. The van der Waals surface area contributed by atoms with Crippen LogP contribution in [0.1, 0.15) is 57.9 Å². The van der Waals surface area contributed by atoms with Gasteiger partial charge in [0.1, 0.15) is 0 Å². The lowest BCUT2D eigenvalue weighted by Gasteiger charge is -2.17. The Kier molecular flexibility index (Phi) is 7.09. The van der Waals surface area contributed by atoms with Crippen molar-refractivity contribution < 1.29 is 9.59 Å². The van der Waals surface area contributed by atoms with Crippen LogP contribution in [-0.4, -0.2) is 29.4 Å². The number of benzene rings is 1. The van der Waals surface area contributed by atoms with Crippen molar-refractivity contribution >= 4 is 17.6 Å². The van der Waals surface area contributed by atoms with Gasteiger partial charge in [0.25, 0.3) is 0 Å².